The molecule has 2 fully saturated rings. The van der Waals surface area contributed by atoms with E-state index in [0.29, 0.717) is 24.6 Å². The Labute approximate surface area is 199 Å². The summed E-state index contributed by atoms with van der Waals surface area (Å²) in [7, 11) is 3.27. The first-order valence-electron chi connectivity index (χ1n) is 11.3. The quantitative estimate of drug-likeness (QED) is 0.607. The van der Waals surface area contributed by atoms with Crippen LogP contribution in [0.3, 0.4) is 0 Å². The van der Waals surface area contributed by atoms with Crippen molar-refractivity contribution >= 4 is 29.7 Å². The first-order chi connectivity index (χ1) is 16.1. The minimum Gasteiger partial charge on any atom is -0.497 e. The molecular formula is C26H30N2O4S. The van der Waals surface area contributed by atoms with Crippen LogP contribution in [-0.4, -0.2) is 43.9 Å². The molecule has 0 aromatic heterocycles. The number of nitrogens with one attached hydrogen (secondary N) is 2. The van der Waals surface area contributed by atoms with Crippen molar-refractivity contribution < 1.29 is 19.1 Å². The molecule has 2 amide bonds. The first-order valence-corrected chi connectivity index (χ1v) is 12.2. The Morgan fingerprint density at radius 3 is 2.73 bits per heavy atom. The van der Waals surface area contributed by atoms with E-state index in [2.05, 4.69) is 10.6 Å². The number of benzene rings is 2. The van der Waals surface area contributed by atoms with E-state index < -0.39 is 0 Å². The van der Waals surface area contributed by atoms with Gasteiger partial charge in [0, 0.05) is 23.8 Å². The number of methoxy groups -OCH3 is 2. The second-order valence-corrected chi connectivity index (χ2v) is 9.67. The molecule has 7 heteroatoms. The lowest BCUT2D eigenvalue weighted by molar-refractivity contribution is -0.127. The standard InChI is InChI=1S/C26H30N2O4S/c1-31-20-9-10-22(32-2)18(15-20)12-13-27-25(29)19-8-11-23-21(16-19)28-26(30)24(33-23)14-17-6-4-3-5-7-17/h3-7,9-10,14-15,19,21,23H,8,11-13,16H2,1-2H3,(H,27,29)(H,28,30)/b24-14-. The Bertz CT molecular complexity index is 1020. The van der Waals surface area contributed by atoms with Crippen molar-refractivity contribution in [2.45, 2.75) is 37.0 Å². The number of hydrogen-bond acceptors (Lipinski definition) is 5. The lowest BCUT2D eigenvalue weighted by atomic mass is 9.84. The van der Waals surface area contributed by atoms with Crippen LogP contribution in [0, 0.1) is 5.92 Å². The van der Waals surface area contributed by atoms with Crippen LogP contribution in [0.5, 0.6) is 11.5 Å². The summed E-state index contributed by atoms with van der Waals surface area (Å²) in [5, 5.41) is 6.52. The van der Waals surface area contributed by atoms with Crippen molar-refractivity contribution in [3.8, 4) is 11.5 Å². The van der Waals surface area contributed by atoms with Gasteiger partial charge in [0.2, 0.25) is 5.91 Å². The highest BCUT2D eigenvalue weighted by molar-refractivity contribution is 8.04. The molecule has 1 saturated carbocycles. The molecule has 0 spiro atoms. The number of fused-ring (bicyclic) bond motifs is 1. The van der Waals surface area contributed by atoms with Gasteiger partial charge in [0.15, 0.2) is 0 Å². The molecule has 2 N–H and O–H groups in total. The van der Waals surface area contributed by atoms with Gasteiger partial charge in [-0.15, -0.1) is 11.8 Å². The maximum atomic E-state index is 12.8. The van der Waals surface area contributed by atoms with Crippen LogP contribution in [0.2, 0.25) is 0 Å². The van der Waals surface area contributed by atoms with E-state index in [0.717, 1.165) is 40.4 Å². The number of thioether (sulfide) groups is 1. The van der Waals surface area contributed by atoms with Crippen molar-refractivity contribution in [2.75, 3.05) is 20.8 Å². The van der Waals surface area contributed by atoms with E-state index in [1.807, 2.05) is 54.6 Å². The lowest BCUT2D eigenvalue weighted by Gasteiger charge is -2.39. The Morgan fingerprint density at radius 1 is 1.15 bits per heavy atom. The predicted molar refractivity (Wildman–Crippen MR) is 131 cm³/mol. The molecule has 2 aromatic carbocycles. The average Bonchev–Trinajstić information content (AvgIpc) is 2.84. The fourth-order valence-electron chi connectivity index (χ4n) is 4.47. The number of ether oxygens (including phenoxy) is 2. The summed E-state index contributed by atoms with van der Waals surface area (Å²) in [6.07, 6.45) is 5.02. The molecule has 1 aliphatic heterocycles. The van der Waals surface area contributed by atoms with Gasteiger partial charge in [-0.3, -0.25) is 9.59 Å². The molecule has 0 radical (unpaired) electrons. The SMILES string of the molecule is COc1ccc(OC)c(CCNC(=O)C2CCC3S/C(=C\c4ccccc4)C(=O)NC3C2)c1. The minimum atomic E-state index is -0.0843. The van der Waals surface area contributed by atoms with Gasteiger partial charge >= 0.3 is 0 Å². The van der Waals surface area contributed by atoms with Gasteiger partial charge in [0.05, 0.1) is 19.1 Å². The highest BCUT2D eigenvalue weighted by atomic mass is 32.2. The maximum Gasteiger partial charge on any atom is 0.257 e. The van der Waals surface area contributed by atoms with Gasteiger partial charge in [0.25, 0.3) is 5.91 Å². The lowest BCUT2D eigenvalue weighted by Crippen LogP contribution is -2.51. The number of hydrogen-bond donors (Lipinski definition) is 2. The molecule has 3 unspecified atom stereocenters. The number of carbonyl (C=O) groups excluding carboxylic acids is 2. The van der Waals surface area contributed by atoms with Gasteiger partial charge in [-0.1, -0.05) is 30.3 Å². The molecule has 1 heterocycles. The predicted octanol–water partition coefficient (Wildman–Crippen LogP) is 3.80. The third-order valence-corrected chi connectivity index (χ3v) is 7.68. The summed E-state index contributed by atoms with van der Waals surface area (Å²) in [5.74, 6) is 1.48. The Kier molecular flexibility index (Phi) is 7.60. The average molecular weight is 467 g/mol. The second-order valence-electron chi connectivity index (χ2n) is 8.38. The summed E-state index contributed by atoms with van der Waals surface area (Å²) >= 11 is 1.65. The van der Waals surface area contributed by atoms with Crippen LogP contribution >= 0.6 is 11.8 Å². The van der Waals surface area contributed by atoms with Crippen molar-refractivity contribution in [1.82, 2.24) is 10.6 Å². The van der Waals surface area contributed by atoms with Gasteiger partial charge in [0.1, 0.15) is 11.5 Å². The zero-order chi connectivity index (χ0) is 23.2. The largest absolute Gasteiger partial charge is 0.497 e. The second kappa shape index (κ2) is 10.8. The Balaban J connectivity index is 1.30. The minimum absolute atomic E-state index is 0.0263. The maximum absolute atomic E-state index is 12.8. The molecule has 2 aromatic rings. The van der Waals surface area contributed by atoms with Crippen LogP contribution in [-0.2, 0) is 16.0 Å². The van der Waals surface area contributed by atoms with Crippen molar-refractivity contribution in [3.63, 3.8) is 0 Å². The molecule has 6 nitrogen and oxygen atoms in total. The number of rotatable bonds is 7. The molecule has 1 aliphatic carbocycles. The van der Waals surface area contributed by atoms with E-state index in [1.54, 1.807) is 26.0 Å². The summed E-state index contributed by atoms with van der Waals surface area (Å²) in [5.41, 5.74) is 2.02. The van der Waals surface area contributed by atoms with Gasteiger partial charge in [-0.25, -0.2) is 0 Å². The molecule has 174 valence electrons. The topological polar surface area (TPSA) is 76.7 Å². The molecule has 1 saturated heterocycles. The molecule has 0 bridgehead atoms. The highest BCUT2D eigenvalue weighted by Crippen LogP contribution is 2.40. The Hall–Kier alpha value is -2.93. The number of amides is 2. The van der Waals surface area contributed by atoms with Crippen molar-refractivity contribution in [1.29, 1.82) is 0 Å². The monoisotopic (exact) mass is 466 g/mol. The van der Waals surface area contributed by atoms with E-state index in [4.69, 9.17) is 9.47 Å². The number of carbonyl (C=O) groups is 2. The Morgan fingerprint density at radius 2 is 1.97 bits per heavy atom. The third-order valence-electron chi connectivity index (χ3n) is 6.25. The molecule has 33 heavy (non-hydrogen) atoms. The van der Waals surface area contributed by atoms with Gasteiger partial charge in [-0.2, -0.15) is 0 Å². The molecule has 4 rings (SSSR count). The molecular weight excluding hydrogens is 436 g/mol. The van der Waals surface area contributed by atoms with Crippen LogP contribution in [0.1, 0.15) is 30.4 Å². The molecule has 3 atom stereocenters. The van der Waals surface area contributed by atoms with Crippen molar-refractivity contribution in [3.05, 3.63) is 64.6 Å². The summed E-state index contributed by atoms with van der Waals surface area (Å²) < 4.78 is 10.7. The van der Waals surface area contributed by atoms with E-state index in [1.165, 1.54) is 0 Å². The van der Waals surface area contributed by atoms with Gasteiger partial charge in [-0.05, 0) is 61.1 Å². The fourth-order valence-corrected chi connectivity index (χ4v) is 5.77. The normalized spacial score (nSPS) is 23.4. The van der Waals surface area contributed by atoms with Crippen LogP contribution in [0.4, 0.5) is 0 Å². The highest BCUT2D eigenvalue weighted by Gasteiger charge is 2.39. The fraction of sp³-hybridized carbons (Fsp3) is 0.385. The zero-order valence-corrected chi connectivity index (χ0v) is 19.8. The van der Waals surface area contributed by atoms with E-state index >= 15 is 0 Å². The van der Waals surface area contributed by atoms with Crippen LogP contribution in [0.25, 0.3) is 6.08 Å². The van der Waals surface area contributed by atoms with Crippen LogP contribution < -0.4 is 20.1 Å². The summed E-state index contributed by atoms with van der Waals surface area (Å²) in [6.45, 7) is 0.526. The zero-order valence-electron chi connectivity index (χ0n) is 19.0. The van der Waals surface area contributed by atoms with Crippen LogP contribution in [0.15, 0.2) is 53.4 Å². The van der Waals surface area contributed by atoms with E-state index in [9.17, 15) is 9.59 Å². The van der Waals surface area contributed by atoms with Crippen molar-refractivity contribution in [2.24, 2.45) is 5.92 Å². The molecule has 2 aliphatic rings. The third kappa shape index (κ3) is 5.71. The smallest absolute Gasteiger partial charge is 0.257 e. The van der Waals surface area contributed by atoms with E-state index in [-0.39, 0.29) is 23.8 Å². The summed E-state index contributed by atoms with van der Waals surface area (Å²) in [6, 6.07) is 15.6. The summed E-state index contributed by atoms with van der Waals surface area (Å²) in [4.78, 5) is 26.2. The first kappa shape index (κ1) is 23.2. The van der Waals surface area contributed by atoms with Gasteiger partial charge < -0.3 is 20.1 Å².